The highest BCUT2D eigenvalue weighted by Crippen LogP contribution is 2.18. The maximum atomic E-state index is 6.13. The van der Waals surface area contributed by atoms with Crippen LogP contribution in [0, 0.1) is 0 Å². The Morgan fingerprint density at radius 1 is 1.14 bits per heavy atom. The van der Waals surface area contributed by atoms with Crippen LogP contribution in [0.3, 0.4) is 0 Å². The molecule has 0 aliphatic rings. The summed E-state index contributed by atoms with van der Waals surface area (Å²) >= 11 is 6.13. The van der Waals surface area contributed by atoms with Gasteiger partial charge in [-0.2, -0.15) is 4.98 Å². The summed E-state index contributed by atoms with van der Waals surface area (Å²) in [6, 6.07) is 9.46. The summed E-state index contributed by atoms with van der Waals surface area (Å²) in [4.78, 5) is 6.40. The predicted octanol–water partition coefficient (Wildman–Crippen LogP) is 2.93. The lowest BCUT2D eigenvalue weighted by atomic mass is 10.1. The third-order valence-electron chi connectivity index (χ3n) is 3.14. The molecule has 0 atom stereocenters. The second-order valence-corrected chi connectivity index (χ2v) is 5.43. The van der Waals surface area contributed by atoms with E-state index < -0.39 is 0 Å². The molecule has 0 bridgehead atoms. The Balaban J connectivity index is 1.60. The van der Waals surface area contributed by atoms with Gasteiger partial charge in [0.1, 0.15) is 0 Å². The van der Waals surface area contributed by atoms with Crippen LogP contribution in [0.5, 0.6) is 0 Å². The van der Waals surface area contributed by atoms with E-state index in [1.54, 1.807) is 6.20 Å². The fourth-order valence-electron chi connectivity index (χ4n) is 2.11. The van der Waals surface area contributed by atoms with Crippen molar-refractivity contribution < 1.29 is 9.05 Å². The summed E-state index contributed by atoms with van der Waals surface area (Å²) in [5.74, 6) is 1.97. The first kappa shape index (κ1) is 14.7. The van der Waals surface area contributed by atoms with Gasteiger partial charge in [0, 0.05) is 17.5 Å². The largest absolute Gasteiger partial charge is 0.360 e. The molecule has 0 fully saturated rings. The molecule has 0 saturated carbocycles. The molecule has 0 unspecified atom stereocenters. The molecule has 0 radical (unpaired) electrons. The second kappa shape index (κ2) is 6.72. The van der Waals surface area contributed by atoms with Crippen LogP contribution >= 0.6 is 11.6 Å². The summed E-state index contributed by atoms with van der Waals surface area (Å²) < 4.78 is 10.3. The normalized spacial score (nSPS) is 11.2. The van der Waals surface area contributed by atoms with Gasteiger partial charge < -0.3 is 9.05 Å². The van der Waals surface area contributed by atoms with Crippen molar-refractivity contribution in [1.82, 2.24) is 20.2 Å². The van der Waals surface area contributed by atoms with Crippen LogP contribution in [0.15, 0.2) is 45.6 Å². The minimum atomic E-state index is 0.538. The zero-order valence-corrected chi connectivity index (χ0v) is 12.8. The highest BCUT2D eigenvalue weighted by Gasteiger charge is 2.12. The standard InChI is InChI=1S/C15H15ClN4O2/c1-20(9-12-6-7-17-21-12)10-15-18-14(19-22-15)8-11-4-2-3-5-13(11)16/h2-7H,8-10H2,1H3. The summed E-state index contributed by atoms with van der Waals surface area (Å²) in [5.41, 5.74) is 0.978. The Bertz CT molecular complexity index is 727. The lowest BCUT2D eigenvalue weighted by Gasteiger charge is -2.10. The van der Waals surface area contributed by atoms with Gasteiger partial charge in [0.05, 0.1) is 19.3 Å². The molecule has 0 saturated heterocycles. The minimum absolute atomic E-state index is 0.538. The van der Waals surface area contributed by atoms with Crippen molar-refractivity contribution in [2.45, 2.75) is 19.5 Å². The van der Waals surface area contributed by atoms with Gasteiger partial charge in [-0.15, -0.1) is 0 Å². The molecule has 0 amide bonds. The Kier molecular flexibility index (Phi) is 4.50. The van der Waals surface area contributed by atoms with Crippen LogP contribution < -0.4 is 0 Å². The van der Waals surface area contributed by atoms with Crippen LogP contribution in [0.4, 0.5) is 0 Å². The third-order valence-corrected chi connectivity index (χ3v) is 3.51. The maximum absolute atomic E-state index is 6.13. The smallest absolute Gasteiger partial charge is 0.240 e. The van der Waals surface area contributed by atoms with E-state index in [4.69, 9.17) is 20.6 Å². The van der Waals surface area contributed by atoms with Gasteiger partial charge in [0.15, 0.2) is 11.6 Å². The van der Waals surface area contributed by atoms with E-state index in [-0.39, 0.29) is 0 Å². The molecule has 1 aromatic carbocycles. The summed E-state index contributed by atoms with van der Waals surface area (Å²) in [7, 11) is 1.94. The SMILES string of the molecule is CN(Cc1ccno1)Cc1nc(Cc2ccccc2Cl)no1. The highest BCUT2D eigenvalue weighted by atomic mass is 35.5. The molecule has 6 nitrogen and oxygen atoms in total. The Morgan fingerprint density at radius 3 is 2.77 bits per heavy atom. The van der Waals surface area contributed by atoms with Crippen molar-refractivity contribution in [3.63, 3.8) is 0 Å². The van der Waals surface area contributed by atoms with Crippen molar-refractivity contribution >= 4 is 11.6 Å². The van der Waals surface area contributed by atoms with E-state index in [0.29, 0.717) is 36.2 Å². The van der Waals surface area contributed by atoms with E-state index in [0.717, 1.165) is 11.3 Å². The first-order chi connectivity index (χ1) is 10.7. The van der Waals surface area contributed by atoms with Crippen molar-refractivity contribution in [1.29, 1.82) is 0 Å². The maximum Gasteiger partial charge on any atom is 0.240 e. The molecule has 0 spiro atoms. The number of aromatic nitrogens is 3. The van der Waals surface area contributed by atoms with Gasteiger partial charge in [-0.05, 0) is 18.7 Å². The third kappa shape index (κ3) is 3.72. The molecule has 2 heterocycles. The first-order valence-electron chi connectivity index (χ1n) is 6.83. The highest BCUT2D eigenvalue weighted by molar-refractivity contribution is 6.31. The number of benzene rings is 1. The Morgan fingerprint density at radius 2 is 2.00 bits per heavy atom. The van der Waals surface area contributed by atoms with E-state index in [2.05, 4.69) is 15.3 Å². The molecule has 114 valence electrons. The molecule has 0 N–H and O–H groups in total. The van der Waals surface area contributed by atoms with Gasteiger partial charge in [0.25, 0.3) is 0 Å². The Labute approximate surface area is 132 Å². The monoisotopic (exact) mass is 318 g/mol. The van der Waals surface area contributed by atoms with Crippen LogP contribution in [0.25, 0.3) is 0 Å². The van der Waals surface area contributed by atoms with E-state index in [1.165, 1.54) is 0 Å². The molecule has 3 aromatic rings. The number of nitrogens with zero attached hydrogens (tertiary/aromatic N) is 4. The van der Waals surface area contributed by atoms with Gasteiger partial charge in [-0.1, -0.05) is 40.1 Å². The van der Waals surface area contributed by atoms with Crippen molar-refractivity contribution in [2.24, 2.45) is 0 Å². The predicted molar refractivity (Wildman–Crippen MR) is 80.2 cm³/mol. The van der Waals surface area contributed by atoms with E-state index in [9.17, 15) is 0 Å². The number of hydrogen-bond donors (Lipinski definition) is 0. The summed E-state index contributed by atoms with van der Waals surface area (Å²) in [5, 5.41) is 8.38. The molecule has 2 aromatic heterocycles. The first-order valence-corrected chi connectivity index (χ1v) is 7.21. The minimum Gasteiger partial charge on any atom is -0.360 e. The average Bonchev–Trinajstić information content (AvgIpc) is 3.14. The molecule has 0 aliphatic carbocycles. The molecule has 0 aliphatic heterocycles. The quantitative estimate of drug-likeness (QED) is 0.696. The second-order valence-electron chi connectivity index (χ2n) is 5.02. The van der Waals surface area contributed by atoms with Gasteiger partial charge in [-0.3, -0.25) is 4.90 Å². The fourth-order valence-corrected chi connectivity index (χ4v) is 2.32. The molecule has 22 heavy (non-hydrogen) atoms. The van der Waals surface area contributed by atoms with Gasteiger partial charge in [0.2, 0.25) is 5.89 Å². The topological polar surface area (TPSA) is 68.2 Å². The molecule has 7 heteroatoms. The fraction of sp³-hybridized carbons (Fsp3) is 0.267. The number of hydrogen-bond acceptors (Lipinski definition) is 6. The van der Waals surface area contributed by atoms with Crippen LogP contribution in [0.1, 0.15) is 23.0 Å². The van der Waals surface area contributed by atoms with Gasteiger partial charge in [-0.25, -0.2) is 0 Å². The molecular weight excluding hydrogens is 304 g/mol. The summed E-state index contributed by atoms with van der Waals surface area (Å²) in [6.07, 6.45) is 2.17. The number of rotatable bonds is 6. The van der Waals surface area contributed by atoms with E-state index in [1.807, 2.05) is 42.3 Å². The lowest BCUT2D eigenvalue weighted by molar-refractivity contribution is 0.233. The Hall–Kier alpha value is -2.18. The van der Waals surface area contributed by atoms with Crippen molar-refractivity contribution in [2.75, 3.05) is 7.05 Å². The zero-order valence-electron chi connectivity index (χ0n) is 12.1. The summed E-state index contributed by atoms with van der Waals surface area (Å²) in [6.45, 7) is 1.17. The molecular formula is C15H15ClN4O2. The van der Waals surface area contributed by atoms with Crippen LogP contribution in [0.2, 0.25) is 5.02 Å². The lowest BCUT2D eigenvalue weighted by Crippen LogP contribution is -2.17. The zero-order chi connectivity index (χ0) is 15.4. The van der Waals surface area contributed by atoms with Crippen molar-refractivity contribution in [3.8, 4) is 0 Å². The van der Waals surface area contributed by atoms with Crippen LogP contribution in [-0.2, 0) is 19.5 Å². The van der Waals surface area contributed by atoms with E-state index >= 15 is 0 Å². The number of halogens is 1. The van der Waals surface area contributed by atoms with Gasteiger partial charge >= 0.3 is 0 Å². The van der Waals surface area contributed by atoms with Crippen LogP contribution in [-0.4, -0.2) is 27.2 Å². The van der Waals surface area contributed by atoms with Crippen molar-refractivity contribution in [3.05, 3.63) is 64.6 Å². The molecule has 3 rings (SSSR count). The average molecular weight is 319 g/mol.